The van der Waals surface area contributed by atoms with Gasteiger partial charge in [-0.25, -0.2) is 0 Å². The molecule has 6 heteroatoms. The molecule has 0 aromatic heterocycles. The predicted molar refractivity (Wildman–Crippen MR) is 98.7 cm³/mol. The van der Waals surface area contributed by atoms with Gasteiger partial charge in [-0.2, -0.15) is 0 Å². The lowest BCUT2D eigenvalue weighted by Gasteiger charge is -2.51. The molecule has 6 aliphatic rings. The Bertz CT molecular complexity index is 615. The molecule has 6 fully saturated rings. The second-order valence-electron chi connectivity index (χ2n) is 9.63. The largest absolute Gasteiger partial charge is 0.387 e. The first-order valence-corrected chi connectivity index (χ1v) is 10.7. The summed E-state index contributed by atoms with van der Waals surface area (Å²) >= 11 is 0. The maximum Gasteiger partial charge on any atom is 0.191 e. The van der Waals surface area contributed by atoms with Crippen LogP contribution in [0.15, 0.2) is 4.99 Å². The highest BCUT2D eigenvalue weighted by atomic mass is 16.5. The first kappa shape index (κ1) is 16.1. The van der Waals surface area contributed by atoms with E-state index in [2.05, 4.69) is 20.5 Å². The van der Waals surface area contributed by atoms with Crippen molar-refractivity contribution in [3.05, 3.63) is 0 Å². The first-order chi connectivity index (χ1) is 12.7. The summed E-state index contributed by atoms with van der Waals surface area (Å²) in [5.74, 6) is 7.29. The van der Waals surface area contributed by atoms with Gasteiger partial charge in [-0.05, 0) is 60.2 Å². The average Bonchev–Trinajstić information content (AvgIpc) is 3.18. The van der Waals surface area contributed by atoms with E-state index >= 15 is 0 Å². The van der Waals surface area contributed by atoms with Crippen molar-refractivity contribution in [1.82, 2.24) is 15.5 Å². The third-order valence-corrected chi connectivity index (χ3v) is 9.11. The lowest BCUT2D eigenvalue weighted by Crippen LogP contribution is -2.60. The maximum atomic E-state index is 11.7. The van der Waals surface area contributed by atoms with E-state index in [1.54, 1.807) is 0 Å². The highest BCUT2D eigenvalue weighted by Gasteiger charge is 2.84. The second-order valence-corrected chi connectivity index (χ2v) is 9.63. The number of aliphatic imine (C=N–C) groups is 1. The van der Waals surface area contributed by atoms with E-state index < -0.39 is 5.60 Å². The van der Waals surface area contributed by atoms with Crippen LogP contribution in [-0.4, -0.2) is 74.6 Å². The van der Waals surface area contributed by atoms with Crippen molar-refractivity contribution in [2.24, 2.45) is 52.3 Å². The van der Waals surface area contributed by atoms with Gasteiger partial charge in [-0.3, -0.25) is 9.89 Å². The Morgan fingerprint density at radius 2 is 1.85 bits per heavy atom. The maximum absolute atomic E-state index is 11.7. The fourth-order valence-electron chi connectivity index (χ4n) is 8.56. The number of ether oxygens (including phenoxy) is 1. The highest BCUT2D eigenvalue weighted by molar-refractivity contribution is 5.79. The standard InChI is InChI=1S/C20H32N4O2/c1-21-19(22-2-3-24-4-6-26-7-5-24)23-10-20(25)17-12-9-13-15-11(12)8-14(17)16(15)18(13)20/h11-18,25H,2-10H2,1H3,(H2,21,22,23). The second kappa shape index (κ2) is 5.58. The SMILES string of the molecule is CN=C(NCCN1CCOCC1)NCC1(O)C2C3CC4C5C3CC2C5C41. The molecular weight excluding hydrogens is 328 g/mol. The minimum absolute atomic E-state index is 0.480. The third-order valence-electron chi connectivity index (χ3n) is 9.11. The molecule has 0 aromatic rings. The zero-order chi connectivity index (χ0) is 17.5. The van der Waals surface area contributed by atoms with E-state index in [9.17, 15) is 5.11 Å². The van der Waals surface area contributed by atoms with E-state index in [4.69, 9.17) is 4.74 Å². The normalized spacial score (nSPS) is 53.4. The number of hydrogen-bond acceptors (Lipinski definition) is 4. The Hall–Kier alpha value is -0.850. The molecule has 0 amide bonds. The van der Waals surface area contributed by atoms with Crippen LogP contribution in [0.25, 0.3) is 0 Å². The Kier molecular flexibility index (Phi) is 3.46. The predicted octanol–water partition coefficient (Wildman–Crippen LogP) is -0.00750. The number of nitrogens with zero attached hydrogens (tertiary/aromatic N) is 2. The van der Waals surface area contributed by atoms with Gasteiger partial charge >= 0.3 is 0 Å². The van der Waals surface area contributed by atoms with Gasteiger partial charge in [0.25, 0.3) is 0 Å². The van der Waals surface area contributed by atoms with E-state index in [-0.39, 0.29) is 0 Å². The number of fused-ring (bicyclic) bond motifs is 2. The van der Waals surface area contributed by atoms with Crippen molar-refractivity contribution in [3.63, 3.8) is 0 Å². The molecule has 0 aromatic carbocycles. The van der Waals surface area contributed by atoms with Crippen LogP contribution in [0, 0.1) is 47.3 Å². The summed E-state index contributed by atoms with van der Waals surface area (Å²) in [6.45, 7) is 6.29. The Morgan fingerprint density at radius 1 is 1.08 bits per heavy atom. The van der Waals surface area contributed by atoms with Crippen LogP contribution in [0.1, 0.15) is 12.8 Å². The van der Waals surface area contributed by atoms with Crippen LogP contribution < -0.4 is 10.6 Å². The average molecular weight is 361 g/mol. The van der Waals surface area contributed by atoms with Crippen molar-refractivity contribution >= 4 is 5.96 Å². The van der Waals surface area contributed by atoms with Gasteiger partial charge in [0.2, 0.25) is 0 Å². The fourth-order valence-corrected chi connectivity index (χ4v) is 8.56. The summed E-state index contributed by atoms with van der Waals surface area (Å²) in [7, 11) is 1.83. The number of aliphatic hydroxyl groups is 1. The quantitative estimate of drug-likeness (QED) is 0.475. The molecule has 3 N–H and O–H groups in total. The van der Waals surface area contributed by atoms with Crippen molar-refractivity contribution < 1.29 is 9.84 Å². The summed E-state index contributed by atoms with van der Waals surface area (Å²) in [5.41, 5.74) is -0.480. The van der Waals surface area contributed by atoms with Gasteiger partial charge in [0, 0.05) is 39.8 Å². The van der Waals surface area contributed by atoms with Crippen LogP contribution >= 0.6 is 0 Å². The van der Waals surface area contributed by atoms with Gasteiger partial charge in [0.1, 0.15) is 0 Å². The number of hydrogen-bond donors (Lipinski definition) is 3. The molecule has 5 aliphatic carbocycles. The molecule has 26 heavy (non-hydrogen) atoms. The smallest absolute Gasteiger partial charge is 0.191 e. The van der Waals surface area contributed by atoms with Crippen LogP contribution in [0.2, 0.25) is 0 Å². The number of rotatable bonds is 5. The number of morpholine rings is 1. The third kappa shape index (κ3) is 1.91. The monoisotopic (exact) mass is 360 g/mol. The van der Waals surface area contributed by atoms with Crippen LogP contribution in [0.5, 0.6) is 0 Å². The molecule has 0 spiro atoms. The minimum atomic E-state index is -0.480. The summed E-state index contributed by atoms with van der Waals surface area (Å²) in [4.78, 5) is 6.81. The van der Waals surface area contributed by atoms with E-state index in [0.717, 1.165) is 80.9 Å². The summed E-state index contributed by atoms with van der Waals surface area (Å²) < 4.78 is 5.40. The summed E-state index contributed by atoms with van der Waals surface area (Å²) in [6, 6.07) is 0. The van der Waals surface area contributed by atoms with E-state index in [1.807, 2.05) is 7.05 Å². The van der Waals surface area contributed by atoms with Crippen molar-refractivity contribution in [1.29, 1.82) is 0 Å². The molecular formula is C20H32N4O2. The Balaban J connectivity index is 1.06. The Labute approximate surface area is 155 Å². The zero-order valence-electron chi connectivity index (χ0n) is 15.7. The molecule has 6 nitrogen and oxygen atoms in total. The lowest BCUT2D eigenvalue weighted by molar-refractivity contribution is -0.126. The molecule has 1 heterocycles. The minimum Gasteiger partial charge on any atom is -0.387 e. The molecule has 5 saturated carbocycles. The van der Waals surface area contributed by atoms with Crippen molar-refractivity contribution in [3.8, 4) is 0 Å². The summed E-state index contributed by atoms with van der Waals surface area (Å²) in [5, 5.41) is 18.6. The van der Waals surface area contributed by atoms with Crippen LogP contribution in [0.4, 0.5) is 0 Å². The molecule has 9 atom stereocenters. The zero-order valence-corrected chi connectivity index (χ0v) is 15.7. The molecule has 1 aliphatic heterocycles. The molecule has 6 rings (SSSR count). The van der Waals surface area contributed by atoms with E-state index in [1.165, 1.54) is 12.8 Å². The highest BCUT2D eigenvalue weighted by Crippen LogP contribution is 2.85. The number of guanidine groups is 1. The summed E-state index contributed by atoms with van der Waals surface area (Å²) in [6.07, 6.45) is 2.85. The van der Waals surface area contributed by atoms with Gasteiger partial charge in [0.05, 0.1) is 18.8 Å². The van der Waals surface area contributed by atoms with Crippen molar-refractivity contribution in [2.75, 3.05) is 53.0 Å². The first-order valence-electron chi connectivity index (χ1n) is 10.7. The van der Waals surface area contributed by atoms with Gasteiger partial charge in [0.15, 0.2) is 5.96 Å². The van der Waals surface area contributed by atoms with E-state index in [0.29, 0.717) is 18.4 Å². The van der Waals surface area contributed by atoms with Crippen LogP contribution in [-0.2, 0) is 4.74 Å². The topological polar surface area (TPSA) is 69.1 Å². The Morgan fingerprint density at radius 3 is 2.65 bits per heavy atom. The van der Waals surface area contributed by atoms with Gasteiger partial charge in [-0.15, -0.1) is 0 Å². The van der Waals surface area contributed by atoms with Gasteiger partial charge in [-0.1, -0.05) is 0 Å². The molecule has 144 valence electrons. The van der Waals surface area contributed by atoms with Crippen LogP contribution in [0.3, 0.4) is 0 Å². The molecule has 0 radical (unpaired) electrons. The fraction of sp³-hybridized carbons (Fsp3) is 0.950. The lowest BCUT2D eigenvalue weighted by atomic mass is 9.56. The molecule has 1 saturated heterocycles. The number of nitrogens with one attached hydrogen (secondary N) is 2. The van der Waals surface area contributed by atoms with Gasteiger partial charge < -0.3 is 20.5 Å². The molecule has 2 bridgehead atoms. The van der Waals surface area contributed by atoms with Crippen molar-refractivity contribution in [2.45, 2.75) is 18.4 Å². The molecule has 9 unspecified atom stereocenters.